The fourth-order valence-electron chi connectivity index (χ4n) is 4.62. The van der Waals surface area contributed by atoms with Gasteiger partial charge in [-0.05, 0) is 25.1 Å². The molecular weight excluding hydrogens is 408 g/mol. The summed E-state index contributed by atoms with van der Waals surface area (Å²) in [6, 6.07) is 0. The summed E-state index contributed by atoms with van der Waals surface area (Å²) in [6.07, 6.45) is 33.5. The first kappa shape index (κ1) is 31.7. The summed E-state index contributed by atoms with van der Waals surface area (Å²) < 4.78 is 0. The minimum absolute atomic E-state index is 0.608. The molecule has 0 saturated heterocycles. The third kappa shape index (κ3) is 24.3. The normalized spacial score (nSPS) is 11.2. The molecule has 2 nitrogen and oxygen atoms in total. The number of nitrogens with two attached hydrogens (primary N) is 1. The van der Waals surface area contributed by atoms with Crippen molar-refractivity contribution in [3.8, 4) is 0 Å². The third-order valence-electron chi connectivity index (χ3n) is 6.87. The number of nitrogens with zero attached hydrogens (tertiary/aromatic N) is 1. The molecule has 0 bridgehead atoms. The maximum atomic E-state index is 5.97. The summed E-state index contributed by atoms with van der Waals surface area (Å²) in [5, 5.41) is 0.608. The lowest BCUT2D eigenvalue weighted by Gasteiger charge is -2.22. The van der Waals surface area contributed by atoms with Crippen LogP contribution in [0.3, 0.4) is 0 Å². The topological polar surface area (TPSA) is 29.3 Å². The quantitative estimate of drug-likeness (QED) is 0.101. The van der Waals surface area contributed by atoms with Crippen LogP contribution in [0.2, 0.25) is 0 Å². The molecule has 0 atom stereocenters. The Labute approximate surface area is 208 Å². The van der Waals surface area contributed by atoms with Crippen LogP contribution in [0, 0.1) is 0 Å². The molecule has 0 spiro atoms. The predicted octanol–water partition coefficient (Wildman–Crippen LogP) is 9.93. The third-order valence-corrected chi connectivity index (χ3v) is 7.13. The van der Waals surface area contributed by atoms with Crippen molar-refractivity contribution in [1.82, 2.24) is 4.90 Å². The van der Waals surface area contributed by atoms with Gasteiger partial charge in [0.1, 0.15) is 0 Å². The molecule has 0 aliphatic carbocycles. The summed E-state index contributed by atoms with van der Waals surface area (Å²) in [5.74, 6) is 0. The van der Waals surface area contributed by atoms with Gasteiger partial charge in [0.05, 0.1) is 0 Å². The lowest BCUT2D eigenvalue weighted by atomic mass is 10.0. The molecule has 0 aliphatic heterocycles. The van der Waals surface area contributed by atoms with Crippen LogP contribution >= 0.6 is 12.2 Å². The van der Waals surface area contributed by atoms with Crippen LogP contribution in [0.5, 0.6) is 0 Å². The maximum absolute atomic E-state index is 5.97. The maximum Gasteiger partial charge on any atom is 0.166 e. The number of unbranched alkanes of at least 4 members (excludes halogenated alkanes) is 22. The van der Waals surface area contributed by atoms with E-state index >= 15 is 0 Å². The molecule has 0 radical (unpaired) electrons. The van der Waals surface area contributed by atoms with E-state index in [1.54, 1.807) is 0 Å². The van der Waals surface area contributed by atoms with Gasteiger partial charge in [-0.15, -0.1) is 0 Å². The molecule has 0 saturated carbocycles. The van der Waals surface area contributed by atoms with Gasteiger partial charge in [-0.3, -0.25) is 0 Å². The van der Waals surface area contributed by atoms with E-state index in [9.17, 15) is 0 Å². The zero-order chi connectivity index (χ0) is 23.5. The number of thiocarbonyl (C=S) groups is 1. The van der Waals surface area contributed by atoms with Gasteiger partial charge in [0.25, 0.3) is 0 Å². The second-order valence-electron chi connectivity index (χ2n) is 10.1. The van der Waals surface area contributed by atoms with Crippen molar-refractivity contribution in [2.24, 2.45) is 5.73 Å². The van der Waals surface area contributed by atoms with Crippen LogP contribution in [0.1, 0.15) is 168 Å². The zero-order valence-electron chi connectivity index (χ0n) is 22.3. The molecule has 0 aromatic rings. The SMILES string of the molecule is CCCCCCCCCCCCCCN(CCCCCCCCCCCCCC)C(N)=S. The van der Waals surface area contributed by atoms with Crippen LogP contribution in [-0.2, 0) is 0 Å². The van der Waals surface area contributed by atoms with Gasteiger partial charge >= 0.3 is 0 Å². The first-order valence-electron chi connectivity index (χ1n) is 14.8. The Kier molecular flexibility index (Phi) is 26.7. The lowest BCUT2D eigenvalue weighted by molar-refractivity contribution is 0.385. The van der Waals surface area contributed by atoms with Crippen LogP contribution in [0.25, 0.3) is 0 Å². The van der Waals surface area contributed by atoms with E-state index in [-0.39, 0.29) is 0 Å². The Hall–Kier alpha value is -0.310. The van der Waals surface area contributed by atoms with Crippen molar-refractivity contribution < 1.29 is 0 Å². The van der Waals surface area contributed by atoms with E-state index in [0.29, 0.717) is 5.11 Å². The van der Waals surface area contributed by atoms with Gasteiger partial charge in [0.2, 0.25) is 0 Å². The monoisotopic (exact) mass is 468 g/mol. The first-order valence-corrected chi connectivity index (χ1v) is 15.2. The Morgan fingerprint density at radius 2 is 0.656 bits per heavy atom. The van der Waals surface area contributed by atoms with E-state index in [0.717, 1.165) is 13.1 Å². The van der Waals surface area contributed by atoms with Crippen molar-refractivity contribution in [3.05, 3.63) is 0 Å². The Morgan fingerprint density at radius 3 is 0.875 bits per heavy atom. The smallest absolute Gasteiger partial charge is 0.166 e. The molecule has 0 fully saturated rings. The lowest BCUT2D eigenvalue weighted by Crippen LogP contribution is -2.37. The van der Waals surface area contributed by atoms with Crippen LogP contribution in [0.15, 0.2) is 0 Å². The van der Waals surface area contributed by atoms with Crippen molar-refractivity contribution in [2.45, 2.75) is 168 Å². The van der Waals surface area contributed by atoms with Gasteiger partial charge < -0.3 is 10.6 Å². The van der Waals surface area contributed by atoms with Crippen molar-refractivity contribution in [3.63, 3.8) is 0 Å². The van der Waals surface area contributed by atoms with Gasteiger partial charge in [0, 0.05) is 13.1 Å². The summed E-state index contributed by atoms with van der Waals surface area (Å²) in [6.45, 7) is 6.70. The highest BCUT2D eigenvalue weighted by Crippen LogP contribution is 2.14. The minimum atomic E-state index is 0.608. The van der Waals surface area contributed by atoms with Gasteiger partial charge in [-0.2, -0.15) is 0 Å². The molecule has 32 heavy (non-hydrogen) atoms. The molecule has 0 aromatic heterocycles. The van der Waals surface area contributed by atoms with Gasteiger partial charge in [-0.25, -0.2) is 0 Å². The van der Waals surface area contributed by atoms with E-state index < -0.39 is 0 Å². The van der Waals surface area contributed by atoms with Crippen LogP contribution < -0.4 is 5.73 Å². The number of hydrogen-bond donors (Lipinski definition) is 1. The molecule has 3 heteroatoms. The van der Waals surface area contributed by atoms with Crippen molar-refractivity contribution in [1.29, 1.82) is 0 Å². The van der Waals surface area contributed by atoms with E-state index in [4.69, 9.17) is 18.0 Å². The second-order valence-corrected chi connectivity index (χ2v) is 10.5. The van der Waals surface area contributed by atoms with Gasteiger partial charge in [-0.1, -0.05) is 155 Å². The molecule has 0 unspecified atom stereocenters. The minimum Gasteiger partial charge on any atom is -0.376 e. The summed E-state index contributed by atoms with van der Waals surface area (Å²) in [7, 11) is 0. The molecular formula is C29H60N2S. The second kappa shape index (κ2) is 26.9. The first-order chi connectivity index (χ1) is 15.7. The molecule has 0 aliphatic rings. The van der Waals surface area contributed by atoms with Crippen molar-refractivity contribution in [2.75, 3.05) is 13.1 Å². The molecule has 2 N–H and O–H groups in total. The zero-order valence-corrected chi connectivity index (χ0v) is 23.1. The van der Waals surface area contributed by atoms with Crippen LogP contribution in [-0.4, -0.2) is 23.1 Å². The summed E-state index contributed by atoms with van der Waals surface area (Å²) >= 11 is 5.29. The highest BCUT2D eigenvalue weighted by atomic mass is 32.1. The molecule has 0 heterocycles. The molecule has 0 rings (SSSR count). The Balaban J connectivity index is 3.42. The number of hydrogen-bond acceptors (Lipinski definition) is 1. The number of rotatable bonds is 26. The summed E-state index contributed by atoms with van der Waals surface area (Å²) in [4.78, 5) is 2.25. The Morgan fingerprint density at radius 1 is 0.438 bits per heavy atom. The average molecular weight is 469 g/mol. The molecule has 0 amide bonds. The molecule has 0 aromatic carbocycles. The summed E-state index contributed by atoms with van der Waals surface area (Å²) in [5.41, 5.74) is 5.97. The highest BCUT2D eigenvalue weighted by molar-refractivity contribution is 7.80. The fraction of sp³-hybridized carbons (Fsp3) is 0.966. The van der Waals surface area contributed by atoms with Gasteiger partial charge in [0.15, 0.2) is 5.11 Å². The predicted molar refractivity (Wildman–Crippen MR) is 151 cm³/mol. The highest BCUT2D eigenvalue weighted by Gasteiger charge is 2.05. The standard InChI is InChI=1S/C29H60N2S/c1-3-5-7-9-11-13-15-17-19-21-23-25-27-31(29(30)32)28-26-24-22-20-18-16-14-12-10-8-6-4-2/h3-28H2,1-2H3,(H2,30,32). The molecule has 192 valence electrons. The van der Waals surface area contributed by atoms with Crippen LogP contribution in [0.4, 0.5) is 0 Å². The fourth-order valence-corrected chi connectivity index (χ4v) is 4.80. The van der Waals surface area contributed by atoms with E-state index in [1.807, 2.05) is 0 Å². The van der Waals surface area contributed by atoms with E-state index in [2.05, 4.69) is 18.7 Å². The average Bonchev–Trinajstić information content (AvgIpc) is 2.78. The largest absolute Gasteiger partial charge is 0.376 e. The van der Waals surface area contributed by atoms with Crippen molar-refractivity contribution >= 4 is 17.3 Å². The Bertz CT molecular complexity index is 344. The van der Waals surface area contributed by atoms with E-state index in [1.165, 1.54) is 154 Å².